The van der Waals surface area contributed by atoms with E-state index in [1.807, 2.05) is 0 Å². The molecule has 4 nitrogen and oxygen atoms in total. The molecule has 0 saturated heterocycles. The van der Waals surface area contributed by atoms with Gasteiger partial charge in [-0.1, -0.05) is 44.2 Å². The second-order valence-corrected chi connectivity index (χ2v) is 4.80. The first kappa shape index (κ1) is 15.8. The van der Waals surface area contributed by atoms with Gasteiger partial charge in [-0.05, 0) is 30.7 Å². The Morgan fingerprint density at radius 3 is 2.47 bits per heavy atom. The summed E-state index contributed by atoms with van der Waals surface area (Å²) in [7, 11) is 0. The highest BCUT2D eigenvalue weighted by molar-refractivity contribution is 6.30. The van der Waals surface area contributed by atoms with Gasteiger partial charge in [-0.15, -0.1) is 0 Å². The molecule has 1 amide bonds. The number of nitrogens with zero attached hydrogens (tertiary/aromatic N) is 1. The number of unbranched alkanes of at least 4 members (excludes halogenated alkanes) is 4. The van der Waals surface area contributed by atoms with E-state index in [9.17, 15) is 10.0 Å². The normalized spacial score (nSPS) is 10.3. The summed E-state index contributed by atoms with van der Waals surface area (Å²) in [6.07, 6.45) is 4.47. The summed E-state index contributed by atoms with van der Waals surface area (Å²) < 4.78 is 4.99. The molecule has 0 bridgehead atoms. The number of benzene rings is 1. The van der Waals surface area contributed by atoms with E-state index in [1.54, 1.807) is 24.3 Å². The lowest BCUT2D eigenvalue weighted by atomic mass is 10.1. The van der Waals surface area contributed by atoms with Gasteiger partial charge < -0.3 is 4.74 Å². The van der Waals surface area contributed by atoms with Gasteiger partial charge in [-0.2, -0.15) is 5.06 Å². The molecule has 5 heteroatoms. The number of carbonyl (C=O) groups is 1. The molecule has 0 spiro atoms. The van der Waals surface area contributed by atoms with Crippen molar-refractivity contribution < 1.29 is 14.7 Å². The molecule has 0 aliphatic heterocycles. The molecular formula is C14H20ClNO3. The minimum atomic E-state index is -0.766. The van der Waals surface area contributed by atoms with E-state index in [1.165, 1.54) is 12.8 Å². The van der Waals surface area contributed by atoms with Crippen LogP contribution >= 0.6 is 11.6 Å². The third-order valence-corrected chi connectivity index (χ3v) is 2.95. The predicted octanol–water partition coefficient (Wildman–Crippen LogP) is 4.50. The van der Waals surface area contributed by atoms with Crippen molar-refractivity contribution in [2.24, 2.45) is 0 Å². The number of carbonyl (C=O) groups excluding carboxylic acids is 1. The molecule has 0 aromatic heterocycles. The highest BCUT2D eigenvalue weighted by atomic mass is 35.5. The third kappa shape index (κ3) is 6.45. The summed E-state index contributed by atoms with van der Waals surface area (Å²) in [4.78, 5) is 11.5. The van der Waals surface area contributed by atoms with Gasteiger partial charge in [0.2, 0.25) is 0 Å². The van der Waals surface area contributed by atoms with Crippen LogP contribution in [-0.2, 0) is 0 Å². The van der Waals surface area contributed by atoms with Gasteiger partial charge >= 0.3 is 6.09 Å². The number of ether oxygens (including phenoxy) is 1. The van der Waals surface area contributed by atoms with Crippen molar-refractivity contribution >= 4 is 17.7 Å². The van der Waals surface area contributed by atoms with Crippen molar-refractivity contribution in [3.63, 3.8) is 0 Å². The van der Waals surface area contributed by atoms with Crippen LogP contribution in [0.3, 0.4) is 0 Å². The SMILES string of the molecule is CCCCCCCN(O)C(=O)Oc1ccc(Cl)cc1. The lowest BCUT2D eigenvalue weighted by molar-refractivity contribution is -0.0611. The molecule has 0 atom stereocenters. The number of hydrogen-bond donors (Lipinski definition) is 1. The Hall–Kier alpha value is -1.26. The molecule has 0 fully saturated rings. The maximum absolute atomic E-state index is 11.5. The molecule has 1 N–H and O–H groups in total. The quantitative estimate of drug-likeness (QED) is 0.456. The molecule has 0 heterocycles. The number of rotatable bonds is 7. The highest BCUT2D eigenvalue weighted by Crippen LogP contribution is 2.16. The fraction of sp³-hybridized carbons (Fsp3) is 0.500. The monoisotopic (exact) mass is 285 g/mol. The van der Waals surface area contributed by atoms with E-state index < -0.39 is 6.09 Å². The largest absolute Gasteiger partial charge is 0.439 e. The number of hydroxylamine groups is 2. The molecule has 106 valence electrons. The summed E-state index contributed by atoms with van der Waals surface area (Å²) in [5, 5.41) is 10.7. The summed E-state index contributed by atoms with van der Waals surface area (Å²) in [6, 6.07) is 6.40. The van der Waals surface area contributed by atoms with Gasteiger partial charge in [0.25, 0.3) is 0 Å². The predicted molar refractivity (Wildman–Crippen MR) is 74.7 cm³/mol. The topological polar surface area (TPSA) is 49.8 Å². The summed E-state index contributed by atoms with van der Waals surface area (Å²) in [6.45, 7) is 2.43. The van der Waals surface area contributed by atoms with E-state index in [0.717, 1.165) is 19.3 Å². The maximum atomic E-state index is 11.5. The molecule has 1 aromatic carbocycles. The van der Waals surface area contributed by atoms with Crippen LogP contribution in [0, 0.1) is 0 Å². The van der Waals surface area contributed by atoms with E-state index in [2.05, 4.69) is 6.92 Å². The Labute approximate surface area is 118 Å². The first-order chi connectivity index (χ1) is 9.13. The van der Waals surface area contributed by atoms with Gasteiger partial charge in [0.1, 0.15) is 5.75 Å². The van der Waals surface area contributed by atoms with Crippen molar-refractivity contribution in [3.05, 3.63) is 29.3 Å². The summed E-state index contributed by atoms with van der Waals surface area (Å²) in [5.74, 6) is 0.361. The van der Waals surface area contributed by atoms with E-state index in [4.69, 9.17) is 16.3 Å². The molecule has 0 saturated carbocycles. The van der Waals surface area contributed by atoms with Crippen LogP contribution in [0.25, 0.3) is 0 Å². The first-order valence-electron chi connectivity index (χ1n) is 6.57. The van der Waals surface area contributed by atoms with Crippen LogP contribution in [0.2, 0.25) is 5.02 Å². The number of amides is 1. The van der Waals surface area contributed by atoms with Crippen LogP contribution in [0.4, 0.5) is 4.79 Å². The Bertz CT molecular complexity index is 381. The van der Waals surface area contributed by atoms with Gasteiger partial charge in [0, 0.05) is 5.02 Å². The fourth-order valence-electron chi connectivity index (χ4n) is 1.61. The second-order valence-electron chi connectivity index (χ2n) is 4.36. The second kappa shape index (κ2) is 8.77. The molecule has 1 rings (SSSR count). The van der Waals surface area contributed by atoms with Crippen LogP contribution < -0.4 is 4.74 Å². The summed E-state index contributed by atoms with van der Waals surface area (Å²) >= 11 is 5.72. The molecule has 0 aliphatic carbocycles. The van der Waals surface area contributed by atoms with Crippen LogP contribution in [0.15, 0.2) is 24.3 Å². The average molecular weight is 286 g/mol. The highest BCUT2D eigenvalue weighted by Gasteiger charge is 2.12. The molecular weight excluding hydrogens is 266 g/mol. The van der Waals surface area contributed by atoms with Gasteiger partial charge in [0.15, 0.2) is 0 Å². The first-order valence-corrected chi connectivity index (χ1v) is 6.95. The molecule has 0 radical (unpaired) electrons. The summed E-state index contributed by atoms with van der Waals surface area (Å²) in [5.41, 5.74) is 0. The zero-order valence-corrected chi connectivity index (χ0v) is 11.9. The smallest absolute Gasteiger partial charge is 0.409 e. The maximum Gasteiger partial charge on any atom is 0.439 e. The van der Waals surface area contributed by atoms with E-state index >= 15 is 0 Å². The Morgan fingerprint density at radius 1 is 1.21 bits per heavy atom. The van der Waals surface area contributed by atoms with E-state index in [-0.39, 0.29) is 6.54 Å². The minimum absolute atomic E-state index is 0.288. The van der Waals surface area contributed by atoms with Crippen molar-refractivity contribution in [2.45, 2.75) is 39.0 Å². The average Bonchev–Trinajstić information content (AvgIpc) is 2.41. The zero-order chi connectivity index (χ0) is 14.1. The van der Waals surface area contributed by atoms with Crippen molar-refractivity contribution in [1.29, 1.82) is 0 Å². The Kier molecular flexibility index (Phi) is 7.30. The van der Waals surface area contributed by atoms with Gasteiger partial charge in [0.05, 0.1) is 6.54 Å². The van der Waals surface area contributed by atoms with Crippen LogP contribution in [0.1, 0.15) is 39.0 Å². The lowest BCUT2D eigenvalue weighted by Crippen LogP contribution is -2.31. The third-order valence-electron chi connectivity index (χ3n) is 2.70. The standard InChI is InChI=1S/C14H20ClNO3/c1-2-3-4-5-6-11-16(18)14(17)19-13-9-7-12(15)8-10-13/h7-10,18H,2-6,11H2,1H3. The van der Waals surface area contributed by atoms with Crippen LogP contribution in [0.5, 0.6) is 5.75 Å². The molecule has 1 aromatic rings. The van der Waals surface area contributed by atoms with Gasteiger partial charge in [-0.25, -0.2) is 4.79 Å². The van der Waals surface area contributed by atoms with Crippen molar-refractivity contribution in [1.82, 2.24) is 5.06 Å². The van der Waals surface area contributed by atoms with Crippen molar-refractivity contribution in [3.8, 4) is 5.75 Å². The Balaban J connectivity index is 2.26. The van der Waals surface area contributed by atoms with Crippen LogP contribution in [-0.4, -0.2) is 22.9 Å². The number of hydrogen-bond acceptors (Lipinski definition) is 3. The van der Waals surface area contributed by atoms with Crippen molar-refractivity contribution in [2.75, 3.05) is 6.54 Å². The molecule has 0 aliphatic rings. The Morgan fingerprint density at radius 2 is 1.84 bits per heavy atom. The minimum Gasteiger partial charge on any atom is -0.409 e. The fourth-order valence-corrected chi connectivity index (χ4v) is 1.74. The lowest BCUT2D eigenvalue weighted by Gasteiger charge is -2.14. The van der Waals surface area contributed by atoms with E-state index in [0.29, 0.717) is 15.8 Å². The molecule has 19 heavy (non-hydrogen) atoms. The van der Waals surface area contributed by atoms with Gasteiger partial charge in [-0.3, -0.25) is 5.21 Å². The molecule has 0 unspecified atom stereocenters. The zero-order valence-electron chi connectivity index (χ0n) is 11.1. The number of halogens is 1.